The van der Waals surface area contributed by atoms with Gasteiger partial charge in [0.1, 0.15) is 12.4 Å². The molecular formula is C18H22FN3O3S. The van der Waals surface area contributed by atoms with Crippen molar-refractivity contribution in [3.8, 4) is 0 Å². The molecule has 2 saturated heterocycles. The number of rotatable bonds is 3. The molecule has 0 bridgehead atoms. The standard InChI is InChI=1S/C18H22FN3O3S/c19-15-2-1-14-3-5-22(17(14)11-15)12-18(23)21-8-6-20(7-9-21)16-4-10-26(24,25)13-16/h1-3,5,11,16H,4,6-10,12-13H2/t16-/m1/s1. The Kier molecular flexibility index (Phi) is 4.48. The summed E-state index contributed by atoms with van der Waals surface area (Å²) in [7, 11) is -2.89. The second-order valence-corrected chi connectivity index (χ2v) is 9.35. The van der Waals surface area contributed by atoms with Crippen molar-refractivity contribution in [3.05, 3.63) is 36.3 Å². The quantitative estimate of drug-likeness (QED) is 0.802. The second-order valence-electron chi connectivity index (χ2n) is 7.12. The van der Waals surface area contributed by atoms with E-state index in [9.17, 15) is 17.6 Å². The molecule has 0 radical (unpaired) electrons. The minimum Gasteiger partial charge on any atom is -0.339 e. The molecule has 2 aromatic rings. The summed E-state index contributed by atoms with van der Waals surface area (Å²) in [6, 6.07) is 6.53. The molecule has 1 aromatic heterocycles. The number of nitrogens with zero attached hydrogens (tertiary/aromatic N) is 3. The molecule has 0 spiro atoms. The van der Waals surface area contributed by atoms with Gasteiger partial charge in [-0.1, -0.05) is 0 Å². The number of carbonyl (C=O) groups is 1. The van der Waals surface area contributed by atoms with Crippen LogP contribution in [0.2, 0.25) is 0 Å². The molecule has 6 nitrogen and oxygen atoms in total. The highest BCUT2D eigenvalue weighted by atomic mass is 32.2. The number of halogens is 1. The zero-order valence-corrected chi connectivity index (χ0v) is 15.3. The van der Waals surface area contributed by atoms with Crippen molar-refractivity contribution in [1.29, 1.82) is 0 Å². The fourth-order valence-corrected chi connectivity index (χ4v) is 5.70. The van der Waals surface area contributed by atoms with Gasteiger partial charge < -0.3 is 9.47 Å². The van der Waals surface area contributed by atoms with Crippen LogP contribution in [-0.4, -0.2) is 72.4 Å². The van der Waals surface area contributed by atoms with Crippen molar-refractivity contribution in [1.82, 2.24) is 14.4 Å². The average molecular weight is 379 g/mol. The van der Waals surface area contributed by atoms with Gasteiger partial charge in [0, 0.05) is 38.4 Å². The van der Waals surface area contributed by atoms with Crippen LogP contribution in [0.5, 0.6) is 0 Å². The van der Waals surface area contributed by atoms with E-state index in [4.69, 9.17) is 0 Å². The summed E-state index contributed by atoms with van der Waals surface area (Å²) in [5, 5.41) is 0.909. The van der Waals surface area contributed by atoms with Crippen LogP contribution in [0.25, 0.3) is 10.9 Å². The van der Waals surface area contributed by atoms with Crippen molar-refractivity contribution in [2.45, 2.75) is 19.0 Å². The van der Waals surface area contributed by atoms with Crippen LogP contribution in [0.4, 0.5) is 4.39 Å². The first-order valence-electron chi connectivity index (χ1n) is 8.88. The monoisotopic (exact) mass is 379 g/mol. The highest BCUT2D eigenvalue weighted by Crippen LogP contribution is 2.20. The molecule has 0 saturated carbocycles. The number of benzene rings is 1. The van der Waals surface area contributed by atoms with Crippen LogP contribution in [0.3, 0.4) is 0 Å². The number of amides is 1. The summed E-state index contributed by atoms with van der Waals surface area (Å²) in [5.74, 6) is 0.200. The Morgan fingerprint density at radius 2 is 1.92 bits per heavy atom. The van der Waals surface area contributed by atoms with Crippen LogP contribution in [0.15, 0.2) is 30.5 Å². The summed E-state index contributed by atoms with van der Waals surface area (Å²) >= 11 is 0. The maximum absolute atomic E-state index is 13.5. The lowest BCUT2D eigenvalue weighted by molar-refractivity contribution is -0.133. The van der Waals surface area contributed by atoms with E-state index < -0.39 is 9.84 Å². The SMILES string of the molecule is O=C(Cn1ccc2ccc(F)cc21)N1CCN([C@@H]2CCS(=O)(=O)C2)CC1. The third-order valence-corrected chi connectivity index (χ3v) is 7.18. The van der Waals surface area contributed by atoms with Gasteiger partial charge in [0.2, 0.25) is 5.91 Å². The summed E-state index contributed by atoms with van der Waals surface area (Å²) in [4.78, 5) is 16.6. The fraction of sp³-hybridized carbons (Fsp3) is 0.500. The maximum atomic E-state index is 13.5. The summed E-state index contributed by atoms with van der Waals surface area (Å²) in [5.41, 5.74) is 0.716. The molecule has 26 heavy (non-hydrogen) atoms. The summed E-state index contributed by atoms with van der Waals surface area (Å²) in [6.45, 7) is 2.79. The van der Waals surface area contributed by atoms with E-state index in [1.807, 2.05) is 17.2 Å². The minimum absolute atomic E-state index is 0.00505. The van der Waals surface area contributed by atoms with Crippen molar-refractivity contribution in [3.63, 3.8) is 0 Å². The Labute approximate surface area is 152 Å². The van der Waals surface area contributed by atoms with E-state index in [1.54, 1.807) is 10.6 Å². The van der Waals surface area contributed by atoms with Crippen molar-refractivity contribution < 1.29 is 17.6 Å². The molecular weight excluding hydrogens is 357 g/mol. The van der Waals surface area contributed by atoms with E-state index in [0.29, 0.717) is 38.1 Å². The molecule has 0 N–H and O–H groups in total. The van der Waals surface area contributed by atoms with Crippen molar-refractivity contribution in [2.75, 3.05) is 37.7 Å². The van der Waals surface area contributed by atoms with E-state index in [-0.39, 0.29) is 35.8 Å². The number of hydrogen-bond acceptors (Lipinski definition) is 4. The number of sulfone groups is 1. The molecule has 8 heteroatoms. The molecule has 0 aliphatic carbocycles. The van der Waals surface area contributed by atoms with Crippen LogP contribution in [-0.2, 0) is 21.2 Å². The lowest BCUT2D eigenvalue weighted by Crippen LogP contribution is -2.52. The molecule has 3 heterocycles. The topological polar surface area (TPSA) is 62.6 Å². The first-order chi connectivity index (χ1) is 12.4. The third-order valence-electron chi connectivity index (χ3n) is 5.43. The highest BCUT2D eigenvalue weighted by Gasteiger charge is 2.34. The molecule has 1 atom stereocenters. The van der Waals surface area contributed by atoms with E-state index in [2.05, 4.69) is 4.90 Å². The first kappa shape index (κ1) is 17.5. The van der Waals surface area contributed by atoms with Gasteiger partial charge in [0.25, 0.3) is 0 Å². The molecule has 2 aliphatic heterocycles. The van der Waals surface area contributed by atoms with Gasteiger partial charge in [-0.3, -0.25) is 9.69 Å². The van der Waals surface area contributed by atoms with Crippen LogP contribution >= 0.6 is 0 Å². The van der Waals surface area contributed by atoms with Crippen LogP contribution in [0, 0.1) is 5.82 Å². The maximum Gasteiger partial charge on any atom is 0.242 e. The minimum atomic E-state index is -2.89. The van der Waals surface area contributed by atoms with Gasteiger partial charge in [-0.05, 0) is 36.1 Å². The number of aromatic nitrogens is 1. The Morgan fingerprint density at radius 1 is 1.15 bits per heavy atom. The number of hydrogen-bond donors (Lipinski definition) is 0. The van der Waals surface area contributed by atoms with Gasteiger partial charge >= 0.3 is 0 Å². The van der Waals surface area contributed by atoms with E-state index >= 15 is 0 Å². The Morgan fingerprint density at radius 3 is 2.62 bits per heavy atom. The summed E-state index contributed by atoms with van der Waals surface area (Å²) < 4.78 is 38.5. The molecule has 1 aromatic carbocycles. The zero-order chi connectivity index (χ0) is 18.3. The zero-order valence-electron chi connectivity index (χ0n) is 14.5. The Balaban J connectivity index is 1.37. The average Bonchev–Trinajstić information content (AvgIpc) is 3.18. The molecule has 0 unspecified atom stereocenters. The normalized spacial score (nSPS) is 23.6. The molecule has 140 valence electrons. The Hall–Kier alpha value is -1.93. The predicted octanol–water partition coefficient (Wildman–Crippen LogP) is 1.11. The molecule has 1 amide bonds. The van der Waals surface area contributed by atoms with Gasteiger partial charge in [0.05, 0.1) is 17.0 Å². The lowest BCUT2D eigenvalue weighted by atomic mass is 10.2. The van der Waals surface area contributed by atoms with Gasteiger partial charge in [-0.2, -0.15) is 0 Å². The highest BCUT2D eigenvalue weighted by molar-refractivity contribution is 7.91. The van der Waals surface area contributed by atoms with Crippen molar-refractivity contribution in [2.24, 2.45) is 0 Å². The molecule has 2 aliphatic rings. The third kappa shape index (κ3) is 3.48. The largest absolute Gasteiger partial charge is 0.339 e. The smallest absolute Gasteiger partial charge is 0.242 e. The number of fused-ring (bicyclic) bond motifs is 1. The van der Waals surface area contributed by atoms with E-state index in [0.717, 1.165) is 5.39 Å². The molecule has 4 rings (SSSR count). The van der Waals surface area contributed by atoms with E-state index in [1.165, 1.54) is 12.1 Å². The fourth-order valence-electron chi connectivity index (χ4n) is 3.94. The predicted molar refractivity (Wildman–Crippen MR) is 97.1 cm³/mol. The second kappa shape index (κ2) is 6.66. The van der Waals surface area contributed by atoms with Gasteiger partial charge in [-0.15, -0.1) is 0 Å². The first-order valence-corrected chi connectivity index (χ1v) is 10.7. The number of piperazine rings is 1. The van der Waals surface area contributed by atoms with Gasteiger partial charge in [0.15, 0.2) is 9.84 Å². The Bertz CT molecular complexity index is 932. The van der Waals surface area contributed by atoms with Crippen molar-refractivity contribution >= 4 is 26.6 Å². The molecule has 2 fully saturated rings. The van der Waals surface area contributed by atoms with Gasteiger partial charge in [-0.25, -0.2) is 12.8 Å². The number of carbonyl (C=O) groups excluding carboxylic acids is 1. The lowest BCUT2D eigenvalue weighted by Gasteiger charge is -2.37. The van der Waals surface area contributed by atoms with Crippen LogP contribution < -0.4 is 0 Å². The summed E-state index contributed by atoms with van der Waals surface area (Å²) in [6.07, 6.45) is 2.50. The van der Waals surface area contributed by atoms with Crippen LogP contribution in [0.1, 0.15) is 6.42 Å².